The van der Waals surface area contributed by atoms with Crippen LogP contribution in [0.15, 0.2) is 42.5 Å². The number of hydrogen-bond donors (Lipinski definition) is 3. The van der Waals surface area contributed by atoms with Crippen LogP contribution in [0.25, 0.3) is 11.4 Å². The highest BCUT2D eigenvalue weighted by Crippen LogP contribution is 2.21. The number of H-pyrrole nitrogens is 1. The number of nitrogens with zero attached hydrogens (tertiary/aromatic N) is 1. The fourth-order valence-electron chi connectivity index (χ4n) is 2.63. The van der Waals surface area contributed by atoms with E-state index in [-0.39, 0.29) is 21.8 Å². The van der Waals surface area contributed by atoms with Gasteiger partial charge in [-0.1, -0.05) is 23.7 Å². The second-order valence-electron chi connectivity index (χ2n) is 6.50. The molecule has 0 saturated heterocycles. The molecular formula is C21H18ClN3O5. The van der Waals surface area contributed by atoms with Gasteiger partial charge in [0, 0.05) is 16.9 Å². The van der Waals surface area contributed by atoms with Crippen molar-refractivity contribution in [3.8, 4) is 11.4 Å². The summed E-state index contributed by atoms with van der Waals surface area (Å²) in [5.41, 5.74) is 3.05. The van der Waals surface area contributed by atoms with Crippen LogP contribution in [-0.2, 0) is 9.53 Å². The summed E-state index contributed by atoms with van der Waals surface area (Å²) in [6.45, 7) is 3.30. The fraction of sp³-hybridized carbons (Fsp3) is 0.143. The lowest BCUT2D eigenvalue weighted by molar-refractivity contribution is -0.119. The molecule has 0 radical (unpaired) electrons. The number of anilines is 1. The SMILES string of the molecule is Cc1nc(-c2ccc(C(=O)OCC(=O)Nc3ccc(Cl)c(C(=O)O)c3)cc2)[nH]c1C. The molecule has 30 heavy (non-hydrogen) atoms. The molecular weight excluding hydrogens is 410 g/mol. The van der Waals surface area contributed by atoms with Crippen LogP contribution >= 0.6 is 11.6 Å². The average Bonchev–Trinajstić information content (AvgIpc) is 3.06. The monoisotopic (exact) mass is 427 g/mol. The number of carbonyl (C=O) groups excluding carboxylic acids is 2. The van der Waals surface area contributed by atoms with Gasteiger partial charge < -0.3 is 20.1 Å². The second kappa shape index (κ2) is 8.79. The third kappa shape index (κ3) is 4.84. The zero-order chi connectivity index (χ0) is 21.8. The van der Waals surface area contributed by atoms with Crippen molar-refractivity contribution >= 4 is 35.1 Å². The van der Waals surface area contributed by atoms with Gasteiger partial charge in [0.15, 0.2) is 6.61 Å². The first-order valence-corrected chi connectivity index (χ1v) is 9.26. The summed E-state index contributed by atoms with van der Waals surface area (Å²) in [7, 11) is 0. The molecule has 0 bridgehead atoms. The summed E-state index contributed by atoms with van der Waals surface area (Å²) in [4.78, 5) is 42.8. The molecule has 0 fully saturated rings. The van der Waals surface area contributed by atoms with Crippen LogP contribution in [0.3, 0.4) is 0 Å². The molecule has 1 heterocycles. The normalized spacial score (nSPS) is 10.5. The molecule has 0 aliphatic heterocycles. The van der Waals surface area contributed by atoms with Gasteiger partial charge in [-0.2, -0.15) is 0 Å². The molecule has 1 amide bonds. The summed E-state index contributed by atoms with van der Waals surface area (Å²) in [5, 5.41) is 11.6. The van der Waals surface area contributed by atoms with Crippen LogP contribution in [0.4, 0.5) is 5.69 Å². The maximum absolute atomic E-state index is 12.2. The molecule has 0 atom stereocenters. The van der Waals surface area contributed by atoms with Gasteiger partial charge in [0.25, 0.3) is 5.91 Å². The fourth-order valence-corrected chi connectivity index (χ4v) is 2.83. The Labute approximate surface area is 176 Å². The van der Waals surface area contributed by atoms with Gasteiger partial charge in [-0.15, -0.1) is 0 Å². The molecule has 3 aromatic rings. The Morgan fingerprint density at radius 3 is 2.43 bits per heavy atom. The van der Waals surface area contributed by atoms with Gasteiger partial charge in [0.1, 0.15) is 5.82 Å². The Morgan fingerprint density at radius 2 is 1.83 bits per heavy atom. The number of aryl methyl sites for hydroxylation is 2. The highest BCUT2D eigenvalue weighted by atomic mass is 35.5. The number of rotatable bonds is 6. The third-order valence-electron chi connectivity index (χ3n) is 4.34. The van der Waals surface area contributed by atoms with Gasteiger partial charge in [0.2, 0.25) is 0 Å². The predicted molar refractivity (Wildman–Crippen MR) is 111 cm³/mol. The number of carbonyl (C=O) groups is 3. The average molecular weight is 428 g/mol. The van der Waals surface area contributed by atoms with Gasteiger partial charge >= 0.3 is 11.9 Å². The standard InChI is InChI=1S/C21H18ClN3O5/c1-11-12(2)24-19(23-11)13-3-5-14(6-4-13)21(29)30-10-18(26)25-15-7-8-17(22)16(9-15)20(27)28/h3-9H,10H2,1-2H3,(H,23,24)(H,25,26)(H,27,28). The minimum atomic E-state index is -1.22. The van der Waals surface area contributed by atoms with Crippen molar-refractivity contribution in [1.29, 1.82) is 0 Å². The Bertz CT molecular complexity index is 1100. The van der Waals surface area contributed by atoms with Crippen LogP contribution in [0.1, 0.15) is 32.1 Å². The number of esters is 1. The molecule has 0 aliphatic rings. The zero-order valence-corrected chi connectivity index (χ0v) is 16.9. The van der Waals surface area contributed by atoms with Crippen LogP contribution in [0.2, 0.25) is 5.02 Å². The topological polar surface area (TPSA) is 121 Å². The summed E-state index contributed by atoms with van der Waals surface area (Å²) >= 11 is 5.79. The number of hydrogen-bond acceptors (Lipinski definition) is 5. The lowest BCUT2D eigenvalue weighted by atomic mass is 10.1. The quantitative estimate of drug-likeness (QED) is 0.514. The van der Waals surface area contributed by atoms with E-state index in [1.165, 1.54) is 18.2 Å². The van der Waals surface area contributed by atoms with E-state index in [2.05, 4.69) is 15.3 Å². The number of nitrogens with one attached hydrogen (secondary N) is 2. The summed E-state index contributed by atoms with van der Waals surface area (Å²) in [6, 6.07) is 10.7. The molecule has 8 nitrogen and oxygen atoms in total. The number of aromatic nitrogens is 2. The minimum absolute atomic E-state index is 0.0512. The summed E-state index contributed by atoms with van der Waals surface area (Å²) in [6.07, 6.45) is 0. The van der Waals surface area contributed by atoms with E-state index < -0.39 is 24.5 Å². The van der Waals surface area contributed by atoms with E-state index in [4.69, 9.17) is 21.4 Å². The molecule has 3 rings (SSSR count). The first-order valence-electron chi connectivity index (χ1n) is 8.88. The van der Waals surface area contributed by atoms with E-state index in [9.17, 15) is 14.4 Å². The van der Waals surface area contributed by atoms with E-state index in [1.54, 1.807) is 24.3 Å². The Balaban J connectivity index is 1.58. The van der Waals surface area contributed by atoms with Gasteiger partial charge in [-0.3, -0.25) is 4.79 Å². The van der Waals surface area contributed by atoms with Crippen molar-refractivity contribution in [3.63, 3.8) is 0 Å². The maximum atomic E-state index is 12.2. The largest absolute Gasteiger partial charge is 0.478 e. The number of carboxylic acid groups (broad SMARTS) is 1. The molecule has 0 unspecified atom stereocenters. The van der Waals surface area contributed by atoms with E-state index in [1.807, 2.05) is 13.8 Å². The number of aromatic amines is 1. The first-order chi connectivity index (χ1) is 14.2. The Kier molecular flexibility index (Phi) is 6.17. The zero-order valence-electron chi connectivity index (χ0n) is 16.2. The van der Waals surface area contributed by atoms with Gasteiger partial charge in [-0.05, 0) is 44.2 Å². The van der Waals surface area contributed by atoms with Crippen LogP contribution < -0.4 is 5.32 Å². The Morgan fingerprint density at radius 1 is 1.13 bits per heavy atom. The molecule has 0 aliphatic carbocycles. The van der Waals surface area contributed by atoms with Gasteiger partial charge in [0.05, 0.1) is 21.8 Å². The number of aromatic carboxylic acids is 1. The molecule has 0 saturated carbocycles. The van der Waals surface area contributed by atoms with Crippen molar-refractivity contribution in [1.82, 2.24) is 9.97 Å². The lowest BCUT2D eigenvalue weighted by Gasteiger charge is -2.08. The summed E-state index contributed by atoms with van der Waals surface area (Å²) < 4.78 is 5.02. The predicted octanol–water partition coefficient (Wildman–Crippen LogP) is 3.84. The molecule has 0 spiro atoms. The third-order valence-corrected chi connectivity index (χ3v) is 4.67. The molecule has 3 N–H and O–H groups in total. The summed E-state index contributed by atoms with van der Waals surface area (Å²) in [5.74, 6) is -1.79. The van der Waals surface area contributed by atoms with Crippen molar-refractivity contribution in [3.05, 3.63) is 70.0 Å². The number of amides is 1. The van der Waals surface area contributed by atoms with E-state index in [0.717, 1.165) is 17.0 Å². The van der Waals surface area contributed by atoms with Crippen molar-refractivity contribution in [2.24, 2.45) is 0 Å². The number of benzene rings is 2. The lowest BCUT2D eigenvalue weighted by Crippen LogP contribution is -2.21. The molecule has 1 aromatic heterocycles. The molecule has 2 aromatic carbocycles. The van der Waals surface area contributed by atoms with Crippen molar-refractivity contribution in [2.75, 3.05) is 11.9 Å². The van der Waals surface area contributed by atoms with Crippen molar-refractivity contribution in [2.45, 2.75) is 13.8 Å². The maximum Gasteiger partial charge on any atom is 0.338 e. The highest BCUT2D eigenvalue weighted by Gasteiger charge is 2.14. The van der Waals surface area contributed by atoms with Gasteiger partial charge in [-0.25, -0.2) is 14.6 Å². The van der Waals surface area contributed by atoms with Crippen LogP contribution in [0, 0.1) is 13.8 Å². The number of halogens is 1. The number of ether oxygens (including phenoxy) is 1. The van der Waals surface area contributed by atoms with Crippen LogP contribution in [0.5, 0.6) is 0 Å². The Hall–Kier alpha value is -3.65. The molecule has 9 heteroatoms. The van der Waals surface area contributed by atoms with Crippen LogP contribution in [-0.4, -0.2) is 39.5 Å². The highest BCUT2D eigenvalue weighted by molar-refractivity contribution is 6.33. The van der Waals surface area contributed by atoms with E-state index in [0.29, 0.717) is 5.82 Å². The first kappa shape index (κ1) is 21.1. The second-order valence-corrected chi connectivity index (χ2v) is 6.90. The number of imidazole rings is 1. The smallest absolute Gasteiger partial charge is 0.338 e. The molecule has 154 valence electrons. The number of carboxylic acids is 1. The minimum Gasteiger partial charge on any atom is -0.478 e. The van der Waals surface area contributed by atoms with E-state index >= 15 is 0 Å². The van der Waals surface area contributed by atoms with Crippen molar-refractivity contribution < 1.29 is 24.2 Å².